The van der Waals surface area contributed by atoms with Gasteiger partial charge in [0.25, 0.3) is 22.9 Å². The second-order valence-corrected chi connectivity index (χ2v) is 16.7. The highest BCUT2D eigenvalue weighted by Gasteiger charge is 2.31. The van der Waals surface area contributed by atoms with Crippen LogP contribution in [0.15, 0.2) is 127 Å². The highest BCUT2D eigenvalue weighted by molar-refractivity contribution is 6.30. The Hall–Kier alpha value is -9.37. The number of benzene rings is 6. The van der Waals surface area contributed by atoms with Crippen LogP contribution in [0.5, 0.6) is 11.5 Å². The quantitative estimate of drug-likeness (QED) is 0.0251. The van der Waals surface area contributed by atoms with Gasteiger partial charge in [0.05, 0.1) is 72.9 Å². The van der Waals surface area contributed by atoms with Gasteiger partial charge in [-0.2, -0.15) is 0 Å². The van der Waals surface area contributed by atoms with Gasteiger partial charge in [-0.3, -0.25) is 80.1 Å². The van der Waals surface area contributed by atoms with Crippen molar-refractivity contribution >= 4 is 57.5 Å². The molecule has 0 aromatic heterocycles. The summed E-state index contributed by atoms with van der Waals surface area (Å²) in [5.41, 5.74) is -0.312. The van der Waals surface area contributed by atoms with Crippen molar-refractivity contribution in [2.75, 3.05) is 52.5 Å². The average molecular weight is 1070 g/mol. The standard InChI is InChI=1S/C37H39ClN2O4.2C6H3N3O7/c1-28(31-11-7-12-32(26-31)36(41)30-8-3-2-4-9-30)37(42)44-25-24-43-23-22-39-18-20-40(21-19-39)27-33-10-5-6-13-35(33)29-14-16-34(38)17-15-29;2*10-6-4(8(13)14)1-3(7(11)12)2-5(6)9(15)16/h2-17,26,28H,18-25,27H2,1H3;2*1-2,10H. The van der Waals surface area contributed by atoms with E-state index in [1.54, 1.807) is 37.3 Å². The van der Waals surface area contributed by atoms with E-state index >= 15 is 0 Å². The molecule has 0 spiro atoms. The lowest BCUT2D eigenvalue weighted by Crippen LogP contribution is -2.46. The maximum Gasteiger partial charge on any atom is 0.324 e. The number of nitrogens with zero attached hydrogens (tertiary/aromatic N) is 8. The number of hydrogen-bond donors (Lipinski definition) is 2. The zero-order chi connectivity index (χ0) is 55.6. The Morgan fingerprint density at radius 3 is 1.54 bits per heavy atom. The molecular formula is C49H45ClN8O18. The molecule has 27 heteroatoms. The number of halogens is 1. The van der Waals surface area contributed by atoms with Crippen LogP contribution in [0.4, 0.5) is 34.1 Å². The van der Waals surface area contributed by atoms with E-state index in [2.05, 4.69) is 46.2 Å². The van der Waals surface area contributed by atoms with Crippen LogP contribution in [0.25, 0.3) is 11.1 Å². The van der Waals surface area contributed by atoms with Crippen molar-refractivity contribution in [1.82, 2.24) is 9.80 Å². The first kappa shape index (κ1) is 57.5. The number of nitro benzene ring substituents is 6. The number of carbonyl (C=O) groups is 2. The molecule has 396 valence electrons. The molecule has 7 rings (SSSR count). The average Bonchev–Trinajstić information content (AvgIpc) is 3.40. The van der Waals surface area contributed by atoms with Gasteiger partial charge in [0, 0.05) is 55.4 Å². The van der Waals surface area contributed by atoms with Gasteiger partial charge in [-0.05, 0) is 47.4 Å². The molecule has 0 radical (unpaired) electrons. The number of phenols is 2. The van der Waals surface area contributed by atoms with Crippen molar-refractivity contribution in [3.8, 4) is 22.6 Å². The lowest BCUT2D eigenvalue weighted by molar-refractivity contribution is -0.404. The van der Waals surface area contributed by atoms with E-state index in [0.717, 1.165) is 49.9 Å². The number of carbonyl (C=O) groups excluding carboxylic acids is 2. The molecule has 1 aliphatic rings. The molecule has 26 nitrogen and oxygen atoms in total. The molecule has 76 heavy (non-hydrogen) atoms. The summed E-state index contributed by atoms with van der Waals surface area (Å²) in [7, 11) is 0. The molecule has 1 saturated heterocycles. The van der Waals surface area contributed by atoms with Gasteiger partial charge in [0.1, 0.15) is 6.61 Å². The van der Waals surface area contributed by atoms with Crippen molar-refractivity contribution in [2.24, 2.45) is 0 Å². The Labute approximate surface area is 434 Å². The van der Waals surface area contributed by atoms with Gasteiger partial charge in [-0.15, -0.1) is 0 Å². The smallest absolute Gasteiger partial charge is 0.324 e. The summed E-state index contributed by atoms with van der Waals surface area (Å²) < 4.78 is 11.3. The molecule has 0 saturated carbocycles. The first-order valence-corrected chi connectivity index (χ1v) is 22.9. The van der Waals surface area contributed by atoms with Crippen LogP contribution < -0.4 is 0 Å². The SMILES string of the molecule is CC(C(=O)OCCOCCN1CCN(Cc2ccccc2-c2ccc(Cl)cc2)CC1)c1cccc(C(=O)c2ccccc2)c1.O=[N+]([O-])c1cc([N+](=O)[O-])c(O)c([N+](=O)[O-])c1.O=[N+]([O-])c1cc([N+](=O)[O-])c(O)c([N+](=O)[O-])c1. The van der Waals surface area contributed by atoms with Crippen LogP contribution in [-0.2, 0) is 20.8 Å². The zero-order valence-corrected chi connectivity index (χ0v) is 40.7. The summed E-state index contributed by atoms with van der Waals surface area (Å²) in [6.07, 6.45) is 0. The highest BCUT2D eigenvalue weighted by atomic mass is 35.5. The van der Waals surface area contributed by atoms with Gasteiger partial charge < -0.3 is 19.7 Å². The second-order valence-electron chi connectivity index (χ2n) is 16.3. The number of ether oxygens (including phenoxy) is 2. The van der Waals surface area contributed by atoms with Crippen LogP contribution in [0.3, 0.4) is 0 Å². The monoisotopic (exact) mass is 1070 g/mol. The number of phenolic OH excluding ortho intramolecular Hbond substituents is 2. The van der Waals surface area contributed by atoms with Crippen LogP contribution in [-0.4, -0.2) is 114 Å². The number of ketones is 1. The number of non-ortho nitro benzene ring substituents is 2. The summed E-state index contributed by atoms with van der Waals surface area (Å²) in [5.74, 6) is -3.29. The lowest BCUT2D eigenvalue weighted by Gasteiger charge is -2.35. The summed E-state index contributed by atoms with van der Waals surface area (Å²) in [6, 6.07) is 34.7. The molecule has 1 unspecified atom stereocenters. The van der Waals surface area contributed by atoms with E-state index in [9.17, 15) is 70.3 Å². The van der Waals surface area contributed by atoms with Gasteiger partial charge >= 0.3 is 28.7 Å². The van der Waals surface area contributed by atoms with Crippen molar-refractivity contribution in [3.63, 3.8) is 0 Å². The molecule has 0 bridgehead atoms. The molecule has 0 aliphatic carbocycles. The summed E-state index contributed by atoms with van der Waals surface area (Å²) in [5, 5.41) is 81.2. The largest absolute Gasteiger partial charge is 0.497 e. The van der Waals surface area contributed by atoms with E-state index in [0.29, 0.717) is 48.6 Å². The van der Waals surface area contributed by atoms with Crippen molar-refractivity contribution in [2.45, 2.75) is 19.4 Å². The van der Waals surface area contributed by atoms with Crippen molar-refractivity contribution in [3.05, 3.63) is 215 Å². The van der Waals surface area contributed by atoms with Crippen LogP contribution in [0.1, 0.15) is 39.9 Å². The van der Waals surface area contributed by atoms with Gasteiger partial charge in [0.15, 0.2) is 5.78 Å². The topological polar surface area (TPSA) is 358 Å². The maximum atomic E-state index is 12.8. The predicted molar refractivity (Wildman–Crippen MR) is 271 cm³/mol. The molecule has 6 aromatic carbocycles. The molecule has 1 aliphatic heterocycles. The van der Waals surface area contributed by atoms with E-state index in [-0.39, 0.29) is 18.4 Å². The maximum absolute atomic E-state index is 12.8. The Morgan fingerprint density at radius 1 is 0.566 bits per heavy atom. The molecule has 0 amide bonds. The molecule has 6 aromatic rings. The summed E-state index contributed by atoms with van der Waals surface area (Å²) in [4.78, 5) is 85.9. The van der Waals surface area contributed by atoms with Crippen LogP contribution in [0.2, 0.25) is 5.02 Å². The van der Waals surface area contributed by atoms with E-state index in [1.165, 1.54) is 16.7 Å². The number of hydrogen-bond acceptors (Lipinski definition) is 20. The molecule has 1 atom stereocenters. The van der Waals surface area contributed by atoms with Crippen LogP contribution in [0, 0.1) is 60.7 Å². The minimum Gasteiger partial charge on any atom is -0.497 e. The highest BCUT2D eigenvalue weighted by Crippen LogP contribution is 2.40. The first-order valence-electron chi connectivity index (χ1n) is 22.5. The number of nitro groups is 6. The Bertz CT molecular complexity index is 2960. The first-order chi connectivity index (χ1) is 36.2. The Balaban J connectivity index is 0.000000271. The predicted octanol–water partition coefficient (Wildman–Crippen LogP) is 8.95. The fourth-order valence-electron chi connectivity index (χ4n) is 7.39. The van der Waals surface area contributed by atoms with Crippen LogP contribution >= 0.6 is 11.6 Å². The Morgan fingerprint density at radius 2 is 1.04 bits per heavy atom. The number of rotatable bonds is 19. The Kier molecular flexibility index (Phi) is 20.5. The summed E-state index contributed by atoms with van der Waals surface area (Å²) >= 11 is 6.09. The number of aromatic hydroxyl groups is 2. The van der Waals surface area contributed by atoms with E-state index < -0.39 is 81.1 Å². The minimum absolute atomic E-state index is 0.0673. The van der Waals surface area contributed by atoms with Gasteiger partial charge in [-0.25, -0.2) is 0 Å². The lowest BCUT2D eigenvalue weighted by atomic mass is 9.96. The molecule has 1 heterocycles. The van der Waals surface area contributed by atoms with Gasteiger partial charge in [0.2, 0.25) is 0 Å². The summed E-state index contributed by atoms with van der Waals surface area (Å²) in [6.45, 7) is 8.70. The second kappa shape index (κ2) is 27.1. The van der Waals surface area contributed by atoms with E-state index in [1.807, 2.05) is 36.4 Å². The fourth-order valence-corrected chi connectivity index (χ4v) is 7.52. The van der Waals surface area contributed by atoms with Crippen molar-refractivity contribution in [1.29, 1.82) is 0 Å². The fraction of sp³-hybridized carbons (Fsp3) is 0.224. The molecule has 2 N–H and O–H groups in total. The normalized spacial score (nSPS) is 12.6. The third-order valence-corrected chi connectivity index (χ3v) is 11.7. The molecule has 1 fully saturated rings. The van der Waals surface area contributed by atoms with E-state index in [4.69, 9.17) is 31.3 Å². The molecular weight excluding hydrogens is 1020 g/mol. The minimum atomic E-state index is -1.21. The zero-order valence-electron chi connectivity index (χ0n) is 39.9. The van der Waals surface area contributed by atoms with Crippen molar-refractivity contribution < 1.29 is 58.8 Å². The third kappa shape index (κ3) is 15.8. The third-order valence-electron chi connectivity index (χ3n) is 11.4. The van der Waals surface area contributed by atoms with Gasteiger partial charge in [-0.1, -0.05) is 96.5 Å². The number of esters is 1. The number of piperazine rings is 1.